The van der Waals surface area contributed by atoms with Crippen molar-refractivity contribution < 1.29 is 4.79 Å². The lowest BCUT2D eigenvalue weighted by Gasteiger charge is -2.06. The number of rotatable bonds is 4. The zero-order valence-electron chi connectivity index (χ0n) is 12.1. The van der Waals surface area contributed by atoms with Gasteiger partial charge in [-0.3, -0.25) is 4.79 Å². The molecule has 0 spiro atoms. The predicted octanol–water partition coefficient (Wildman–Crippen LogP) is 3.76. The summed E-state index contributed by atoms with van der Waals surface area (Å²) in [5.41, 5.74) is 6.79. The SMILES string of the molecule is Cc1ccc(C)c(CC(=O)N/N=C/c2cccc(Br)c2)c1. The molecule has 2 aromatic carbocycles. The monoisotopic (exact) mass is 344 g/mol. The van der Waals surface area contributed by atoms with Gasteiger partial charge in [0.15, 0.2) is 0 Å². The summed E-state index contributed by atoms with van der Waals surface area (Å²) in [5.74, 6) is -0.116. The molecule has 0 bridgehead atoms. The van der Waals surface area contributed by atoms with Crippen molar-refractivity contribution in [1.29, 1.82) is 0 Å². The van der Waals surface area contributed by atoms with Gasteiger partial charge in [-0.15, -0.1) is 0 Å². The molecule has 0 aliphatic rings. The Morgan fingerprint density at radius 1 is 1.24 bits per heavy atom. The van der Waals surface area contributed by atoms with E-state index in [2.05, 4.69) is 26.5 Å². The number of hydrogen-bond acceptors (Lipinski definition) is 2. The maximum atomic E-state index is 11.9. The average Bonchev–Trinajstić information content (AvgIpc) is 2.43. The van der Waals surface area contributed by atoms with E-state index < -0.39 is 0 Å². The highest BCUT2D eigenvalue weighted by atomic mass is 79.9. The van der Waals surface area contributed by atoms with E-state index in [4.69, 9.17) is 0 Å². The lowest BCUT2D eigenvalue weighted by molar-refractivity contribution is -0.120. The second-order valence-electron chi connectivity index (χ2n) is 4.95. The normalized spacial score (nSPS) is 10.8. The van der Waals surface area contributed by atoms with Crippen molar-refractivity contribution in [2.24, 2.45) is 5.10 Å². The van der Waals surface area contributed by atoms with E-state index in [1.807, 2.05) is 56.3 Å². The van der Waals surface area contributed by atoms with E-state index >= 15 is 0 Å². The minimum atomic E-state index is -0.116. The zero-order valence-corrected chi connectivity index (χ0v) is 13.6. The van der Waals surface area contributed by atoms with Crippen LogP contribution >= 0.6 is 15.9 Å². The first-order chi connectivity index (χ1) is 10.0. The first kappa shape index (κ1) is 15.4. The number of halogens is 1. The molecule has 3 nitrogen and oxygen atoms in total. The van der Waals surface area contributed by atoms with E-state index in [9.17, 15) is 4.79 Å². The van der Waals surface area contributed by atoms with Gasteiger partial charge in [0.05, 0.1) is 12.6 Å². The van der Waals surface area contributed by atoms with Crippen LogP contribution in [-0.2, 0) is 11.2 Å². The van der Waals surface area contributed by atoms with Gasteiger partial charge in [-0.25, -0.2) is 5.43 Å². The lowest BCUT2D eigenvalue weighted by Crippen LogP contribution is -2.20. The molecule has 0 aliphatic carbocycles. The van der Waals surface area contributed by atoms with Crippen molar-refractivity contribution in [2.45, 2.75) is 20.3 Å². The van der Waals surface area contributed by atoms with Crippen LogP contribution in [0.2, 0.25) is 0 Å². The molecule has 21 heavy (non-hydrogen) atoms. The van der Waals surface area contributed by atoms with E-state index in [1.165, 1.54) is 0 Å². The van der Waals surface area contributed by atoms with E-state index in [0.29, 0.717) is 6.42 Å². The van der Waals surface area contributed by atoms with Gasteiger partial charge < -0.3 is 0 Å². The molecule has 0 saturated heterocycles. The number of carbonyl (C=O) groups is 1. The van der Waals surface area contributed by atoms with Crippen LogP contribution in [0.5, 0.6) is 0 Å². The van der Waals surface area contributed by atoms with Crippen LogP contribution in [0.1, 0.15) is 22.3 Å². The molecule has 1 amide bonds. The summed E-state index contributed by atoms with van der Waals surface area (Å²) >= 11 is 3.39. The number of aryl methyl sites for hydroxylation is 2. The predicted molar refractivity (Wildman–Crippen MR) is 89.5 cm³/mol. The summed E-state index contributed by atoms with van der Waals surface area (Å²) in [6.45, 7) is 4.03. The van der Waals surface area contributed by atoms with Crippen LogP contribution in [0.15, 0.2) is 52.0 Å². The smallest absolute Gasteiger partial charge is 0.244 e. The molecule has 4 heteroatoms. The van der Waals surface area contributed by atoms with Crippen molar-refractivity contribution in [3.8, 4) is 0 Å². The molecule has 0 aromatic heterocycles. The third kappa shape index (κ3) is 4.83. The van der Waals surface area contributed by atoms with Gasteiger partial charge in [0.25, 0.3) is 0 Å². The minimum Gasteiger partial charge on any atom is -0.273 e. The lowest BCUT2D eigenvalue weighted by atomic mass is 10.0. The first-order valence-electron chi connectivity index (χ1n) is 6.68. The molecule has 2 aromatic rings. The topological polar surface area (TPSA) is 41.5 Å². The van der Waals surface area contributed by atoms with Crippen molar-refractivity contribution in [1.82, 2.24) is 5.43 Å². The van der Waals surface area contributed by atoms with Gasteiger partial charge in [-0.2, -0.15) is 5.10 Å². The van der Waals surface area contributed by atoms with Crippen LogP contribution in [0.4, 0.5) is 0 Å². The highest BCUT2D eigenvalue weighted by molar-refractivity contribution is 9.10. The van der Waals surface area contributed by atoms with Gasteiger partial charge in [0.2, 0.25) is 5.91 Å². The molecule has 108 valence electrons. The Bertz CT molecular complexity index is 680. The third-order valence-corrected chi connectivity index (χ3v) is 3.60. The maximum absolute atomic E-state index is 11.9. The van der Waals surface area contributed by atoms with Crippen LogP contribution < -0.4 is 5.43 Å². The minimum absolute atomic E-state index is 0.116. The molecule has 2 rings (SSSR count). The molecule has 0 aliphatic heterocycles. The van der Waals surface area contributed by atoms with Gasteiger partial charge in [-0.1, -0.05) is 51.8 Å². The molecule has 0 fully saturated rings. The van der Waals surface area contributed by atoms with Crippen molar-refractivity contribution >= 4 is 28.1 Å². The van der Waals surface area contributed by atoms with Crippen molar-refractivity contribution in [2.75, 3.05) is 0 Å². The Morgan fingerprint density at radius 3 is 2.81 bits per heavy atom. The highest BCUT2D eigenvalue weighted by Gasteiger charge is 2.05. The van der Waals surface area contributed by atoms with Gasteiger partial charge in [-0.05, 0) is 42.7 Å². The number of hydrazone groups is 1. The summed E-state index contributed by atoms with van der Waals surface area (Å²) in [6, 6.07) is 13.8. The molecular formula is C17H17BrN2O. The number of benzene rings is 2. The van der Waals surface area contributed by atoms with Gasteiger partial charge in [0, 0.05) is 4.47 Å². The molecule has 1 N–H and O–H groups in total. The van der Waals surface area contributed by atoms with Crippen LogP contribution in [-0.4, -0.2) is 12.1 Å². The second kappa shape index (κ2) is 7.18. The van der Waals surface area contributed by atoms with Crippen molar-refractivity contribution in [3.05, 3.63) is 69.2 Å². The first-order valence-corrected chi connectivity index (χ1v) is 7.47. The maximum Gasteiger partial charge on any atom is 0.244 e. The summed E-state index contributed by atoms with van der Waals surface area (Å²) in [7, 11) is 0. The van der Waals surface area contributed by atoms with Crippen LogP contribution in [0.25, 0.3) is 0 Å². The Kier molecular flexibility index (Phi) is 5.28. The van der Waals surface area contributed by atoms with E-state index in [1.54, 1.807) is 6.21 Å². The summed E-state index contributed by atoms with van der Waals surface area (Å²) < 4.78 is 0.980. The Morgan fingerprint density at radius 2 is 2.05 bits per heavy atom. The summed E-state index contributed by atoms with van der Waals surface area (Å²) in [6.07, 6.45) is 1.97. The number of carbonyl (C=O) groups excluding carboxylic acids is 1. The quantitative estimate of drug-likeness (QED) is 0.665. The number of nitrogens with one attached hydrogen (secondary N) is 1. The molecule has 0 heterocycles. The molecular weight excluding hydrogens is 328 g/mol. The third-order valence-electron chi connectivity index (χ3n) is 3.11. The summed E-state index contributed by atoms with van der Waals surface area (Å²) in [4.78, 5) is 11.9. The van der Waals surface area contributed by atoms with Crippen LogP contribution in [0.3, 0.4) is 0 Å². The largest absolute Gasteiger partial charge is 0.273 e. The fraction of sp³-hybridized carbons (Fsp3) is 0.176. The summed E-state index contributed by atoms with van der Waals surface area (Å²) in [5, 5.41) is 3.99. The number of hydrogen-bond donors (Lipinski definition) is 1. The molecule has 0 radical (unpaired) electrons. The second-order valence-corrected chi connectivity index (χ2v) is 5.87. The van der Waals surface area contributed by atoms with E-state index in [-0.39, 0.29) is 5.91 Å². The fourth-order valence-electron chi connectivity index (χ4n) is 1.97. The molecule has 0 unspecified atom stereocenters. The molecule has 0 saturated carbocycles. The van der Waals surface area contributed by atoms with Crippen LogP contribution in [0, 0.1) is 13.8 Å². The Balaban J connectivity index is 1.94. The molecule has 0 atom stereocenters. The van der Waals surface area contributed by atoms with Gasteiger partial charge >= 0.3 is 0 Å². The number of nitrogens with zero attached hydrogens (tertiary/aromatic N) is 1. The zero-order chi connectivity index (χ0) is 15.2. The van der Waals surface area contributed by atoms with Gasteiger partial charge in [0.1, 0.15) is 0 Å². The standard InChI is InChI=1S/C17H17BrN2O/c1-12-6-7-13(2)15(8-12)10-17(21)20-19-11-14-4-3-5-16(18)9-14/h3-9,11H,10H2,1-2H3,(H,20,21)/b19-11+. The fourth-order valence-corrected chi connectivity index (χ4v) is 2.39. The van der Waals surface area contributed by atoms with Crippen molar-refractivity contribution in [3.63, 3.8) is 0 Å². The highest BCUT2D eigenvalue weighted by Crippen LogP contribution is 2.11. The number of amides is 1. The average molecular weight is 345 g/mol. The van der Waals surface area contributed by atoms with E-state index in [0.717, 1.165) is 26.7 Å². The Hall–Kier alpha value is -1.94. The Labute approximate surface area is 133 Å².